The second-order valence-corrected chi connectivity index (χ2v) is 8.05. The molecule has 29 heavy (non-hydrogen) atoms. The molecule has 2 aromatic heterocycles. The molecule has 2 aromatic rings. The van der Waals surface area contributed by atoms with E-state index < -0.39 is 18.1 Å². The van der Waals surface area contributed by atoms with Gasteiger partial charge in [0, 0.05) is 30.4 Å². The van der Waals surface area contributed by atoms with Crippen LogP contribution in [0.25, 0.3) is 0 Å². The Hall–Kier alpha value is -2.52. The van der Waals surface area contributed by atoms with Gasteiger partial charge in [0.2, 0.25) is 0 Å². The van der Waals surface area contributed by atoms with Crippen molar-refractivity contribution in [1.82, 2.24) is 24.9 Å². The van der Waals surface area contributed by atoms with Gasteiger partial charge in [0.25, 0.3) is 5.91 Å². The van der Waals surface area contributed by atoms with Gasteiger partial charge in [-0.25, -0.2) is 4.68 Å². The molecule has 0 spiro atoms. The van der Waals surface area contributed by atoms with Crippen LogP contribution in [0.1, 0.15) is 66.7 Å². The quantitative estimate of drug-likeness (QED) is 0.803. The first-order valence-corrected chi connectivity index (χ1v) is 9.63. The number of aryl methyl sites for hydroxylation is 2. The van der Waals surface area contributed by atoms with Gasteiger partial charge < -0.3 is 10.6 Å². The predicted molar refractivity (Wildman–Crippen MR) is 103 cm³/mol. The van der Waals surface area contributed by atoms with Crippen LogP contribution in [0.5, 0.6) is 0 Å². The maximum Gasteiger partial charge on any atom is 0.410 e. The van der Waals surface area contributed by atoms with Crippen molar-refractivity contribution in [2.24, 2.45) is 13.0 Å². The molecule has 3 rings (SSSR count). The van der Waals surface area contributed by atoms with Crippen LogP contribution in [-0.4, -0.2) is 37.7 Å². The minimum Gasteiger partial charge on any atom is -0.367 e. The number of nitrogens with one attached hydrogen (secondary N) is 2. The second-order valence-electron chi connectivity index (χ2n) is 8.05. The number of hydrogen-bond acceptors (Lipinski definition) is 4. The number of carbonyl (C=O) groups excluding carboxylic acids is 1. The summed E-state index contributed by atoms with van der Waals surface area (Å²) in [5.74, 6) is -0.299. The van der Waals surface area contributed by atoms with Crippen molar-refractivity contribution in [3.05, 3.63) is 28.7 Å². The Labute approximate surface area is 167 Å². The number of anilines is 1. The maximum absolute atomic E-state index is 13.6. The molecule has 0 radical (unpaired) electrons. The first-order valence-electron chi connectivity index (χ1n) is 9.63. The van der Waals surface area contributed by atoms with E-state index in [-0.39, 0.29) is 35.9 Å². The molecule has 7 nitrogen and oxygen atoms in total. The van der Waals surface area contributed by atoms with Crippen LogP contribution in [0, 0.1) is 19.8 Å². The normalized spacial score (nSPS) is 20.3. The first-order chi connectivity index (χ1) is 13.4. The Balaban J connectivity index is 1.86. The van der Waals surface area contributed by atoms with Crippen LogP contribution in [-0.2, 0) is 7.05 Å². The molecule has 3 heterocycles. The van der Waals surface area contributed by atoms with Gasteiger partial charge in [-0.1, -0.05) is 13.8 Å². The molecule has 0 fully saturated rings. The van der Waals surface area contributed by atoms with Crippen LogP contribution in [0.4, 0.5) is 19.0 Å². The number of carbonyl (C=O) groups is 1. The van der Waals surface area contributed by atoms with Gasteiger partial charge in [0.05, 0.1) is 11.7 Å². The molecule has 0 saturated heterocycles. The number of rotatable bonds is 4. The minimum atomic E-state index is -4.44. The molecule has 160 valence electrons. The lowest BCUT2D eigenvalue weighted by Gasteiger charge is -2.35. The van der Waals surface area contributed by atoms with E-state index in [9.17, 15) is 18.0 Å². The van der Waals surface area contributed by atoms with E-state index in [1.165, 1.54) is 6.07 Å². The number of halogens is 3. The average Bonchev–Trinajstić information content (AvgIpc) is 3.13. The lowest BCUT2D eigenvalue weighted by molar-refractivity contribution is -0.174. The van der Waals surface area contributed by atoms with Crippen LogP contribution in [0.15, 0.2) is 6.07 Å². The Morgan fingerprint density at radius 1 is 1.28 bits per heavy atom. The smallest absolute Gasteiger partial charge is 0.367 e. The highest BCUT2D eigenvalue weighted by Gasteiger charge is 2.47. The van der Waals surface area contributed by atoms with E-state index in [1.54, 1.807) is 4.68 Å². The summed E-state index contributed by atoms with van der Waals surface area (Å²) in [7, 11) is 1.82. The molecule has 0 bridgehead atoms. The molecule has 0 saturated carbocycles. The summed E-state index contributed by atoms with van der Waals surface area (Å²) in [5.41, 5.74) is 2.55. The van der Waals surface area contributed by atoms with Crippen LogP contribution in [0.3, 0.4) is 0 Å². The third-order valence-electron chi connectivity index (χ3n) is 5.60. The summed E-state index contributed by atoms with van der Waals surface area (Å²) in [5, 5.41) is 14.2. The third kappa shape index (κ3) is 3.97. The highest BCUT2D eigenvalue weighted by atomic mass is 19.4. The molecule has 0 unspecified atom stereocenters. The summed E-state index contributed by atoms with van der Waals surface area (Å²) in [6, 6.07) is -1.07. The second kappa shape index (κ2) is 7.38. The highest BCUT2D eigenvalue weighted by molar-refractivity contribution is 5.93. The number of alkyl halides is 3. The standard InChI is InChI=1S/C19H27F3N6O/c1-9(2)13-7-15(19(20,21)22)28-16(24-13)8-14(26-28)18(29)23-10(3)17-11(4)25-27(6)12(17)5/h8-10,13,15,24H,7H2,1-6H3,(H,23,29)/t10-,13+,15-/m1/s1. The molecule has 3 atom stereocenters. The molecule has 0 aliphatic carbocycles. The van der Waals surface area contributed by atoms with Crippen LogP contribution < -0.4 is 10.6 Å². The van der Waals surface area contributed by atoms with Gasteiger partial charge in [-0.15, -0.1) is 0 Å². The van der Waals surface area contributed by atoms with Gasteiger partial charge in [0.15, 0.2) is 11.7 Å². The van der Waals surface area contributed by atoms with E-state index in [4.69, 9.17) is 0 Å². The predicted octanol–water partition coefficient (Wildman–Crippen LogP) is 3.67. The number of nitrogens with zero attached hydrogens (tertiary/aromatic N) is 4. The fourth-order valence-electron chi connectivity index (χ4n) is 3.91. The summed E-state index contributed by atoms with van der Waals surface area (Å²) in [4.78, 5) is 12.7. The van der Waals surface area contributed by atoms with Crippen molar-refractivity contribution in [3.8, 4) is 0 Å². The molecule has 0 aromatic carbocycles. The lowest BCUT2D eigenvalue weighted by atomic mass is 9.94. The van der Waals surface area contributed by atoms with Crippen molar-refractivity contribution in [3.63, 3.8) is 0 Å². The van der Waals surface area contributed by atoms with Crippen molar-refractivity contribution >= 4 is 11.7 Å². The maximum atomic E-state index is 13.6. The Kier molecular flexibility index (Phi) is 5.40. The number of amides is 1. The van der Waals surface area contributed by atoms with Crippen molar-refractivity contribution in [2.45, 2.75) is 65.3 Å². The Bertz CT molecular complexity index is 914. The highest BCUT2D eigenvalue weighted by Crippen LogP contribution is 2.40. The molecule has 2 N–H and O–H groups in total. The van der Waals surface area contributed by atoms with Crippen LogP contribution >= 0.6 is 0 Å². The Morgan fingerprint density at radius 2 is 1.93 bits per heavy atom. The van der Waals surface area contributed by atoms with E-state index in [2.05, 4.69) is 20.8 Å². The SMILES string of the molecule is Cc1nn(C)c(C)c1[C@@H](C)NC(=O)c1cc2n(n1)[C@@H](C(F)(F)F)C[C@@H](C(C)C)N2. The summed E-state index contributed by atoms with van der Waals surface area (Å²) in [6.45, 7) is 9.30. The van der Waals surface area contributed by atoms with Crippen LogP contribution in [0.2, 0.25) is 0 Å². The zero-order chi connectivity index (χ0) is 21.7. The largest absolute Gasteiger partial charge is 0.410 e. The fourth-order valence-corrected chi connectivity index (χ4v) is 3.91. The van der Waals surface area contributed by atoms with E-state index >= 15 is 0 Å². The molecular weight excluding hydrogens is 385 g/mol. The van der Waals surface area contributed by atoms with Gasteiger partial charge in [0.1, 0.15) is 5.82 Å². The molecule has 1 aliphatic heterocycles. The van der Waals surface area contributed by atoms with E-state index in [0.717, 1.165) is 21.6 Å². The lowest BCUT2D eigenvalue weighted by Crippen LogP contribution is -2.41. The molecule has 1 aliphatic rings. The molecular formula is C19H27F3N6O. The molecule has 10 heteroatoms. The van der Waals surface area contributed by atoms with Gasteiger partial charge in [-0.3, -0.25) is 9.48 Å². The van der Waals surface area contributed by atoms with Gasteiger partial charge in [-0.05, 0) is 33.1 Å². The van der Waals surface area contributed by atoms with Gasteiger partial charge in [-0.2, -0.15) is 23.4 Å². The summed E-state index contributed by atoms with van der Waals surface area (Å²) >= 11 is 0. The first kappa shape index (κ1) is 21.2. The zero-order valence-corrected chi connectivity index (χ0v) is 17.4. The topological polar surface area (TPSA) is 76.8 Å². The van der Waals surface area contributed by atoms with Crippen molar-refractivity contribution in [2.75, 3.05) is 5.32 Å². The fraction of sp³-hybridized carbons (Fsp3) is 0.632. The minimum absolute atomic E-state index is 0.0114. The monoisotopic (exact) mass is 412 g/mol. The van der Waals surface area contributed by atoms with Gasteiger partial charge >= 0.3 is 6.18 Å². The zero-order valence-electron chi connectivity index (χ0n) is 17.4. The number of aromatic nitrogens is 4. The van der Waals surface area contributed by atoms with Crippen molar-refractivity contribution in [1.29, 1.82) is 0 Å². The number of hydrogen-bond donors (Lipinski definition) is 2. The van der Waals surface area contributed by atoms with Crippen molar-refractivity contribution < 1.29 is 18.0 Å². The molecule has 1 amide bonds. The van der Waals surface area contributed by atoms with E-state index in [1.807, 2.05) is 41.7 Å². The average molecular weight is 412 g/mol. The Morgan fingerprint density at radius 3 is 2.45 bits per heavy atom. The summed E-state index contributed by atoms with van der Waals surface area (Å²) in [6.07, 6.45) is -4.57. The number of fused-ring (bicyclic) bond motifs is 1. The van der Waals surface area contributed by atoms with E-state index in [0.29, 0.717) is 0 Å². The third-order valence-corrected chi connectivity index (χ3v) is 5.60. The summed E-state index contributed by atoms with van der Waals surface area (Å²) < 4.78 is 43.4.